The second kappa shape index (κ2) is 5.92. The number of aryl methyl sites for hydroxylation is 1. The highest BCUT2D eigenvalue weighted by Gasteiger charge is 2.49. The summed E-state index contributed by atoms with van der Waals surface area (Å²) < 4.78 is 1.67. The largest absolute Gasteiger partial charge is 0.368 e. The van der Waals surface area contributed by atoms with Crippen LogP contribution < -0.4 is 11.1 Å². The summed E-state index contributed by atoms with van der Waals surface area (Å²) in [5, 5.41) is 15.8. The molecular formula is C13H22N6OS. The zero-order valence-electron chi connectivity index (χ0n) is 12.3. The summed E-state index contributed by atoms with van der Waals surface area (Å²) in [6, 6.07) is 0.494. The van der Waals surface area contributed by atoms with Gasteiger partial charge in [-0.25, -0.2) is 4.68 Å². The van der Waals surface area contributed by atoms with Crippen molar-refractivity contribution in [3.8, 4) is 0 Å². The van der Waals surface area contributed by atoms with E-state index in [9.17, 15) is 4.79 Å². The minimum Gasteiger partial charge on any atom is -0.368 e. The Hall–Kier alpha value is -1.15. The number of carbonyl (C=O) groups excluding carboxylic acids is 1. The van der Waals surface area contributed by atoms with Crippen LogP contribution in [0.2, 0.25) is 0 Å². The van der Waals surface area contributed by atoms with E-state index >= 15 is 0 Å². The van der Waals surface area contributed by atoms with Gasteiger partial charge in [0.05, 0.1) is 0 Å². The zero-order chi connectivity index (χ0) is 14.9. The molecule has 2 atom stereocenters. The van der Waals surface area contributed by atoms with Crippen molar-refractivity contribution in [1.82, 2.24) is 25.5 Å². The van der Waals surface area contributed by atoms with Crippen LogP contribution in [0.25, 0.3) is 0 Å². The highest BCUT2D eigenvalue weighted by atomic mass is 32.2. The third-order valence-electron chi connectivity index (χ3n) is 4.58. The Labute approximate surface area is 128 Å². The molecule has 8 heteroatoms. The Morgan fingerprint density at radius 3 is 2.95 bits per heavy atom. The molecule has 7 nitrogen and oxygen atoms in total. The molecule has 2 unspecified atom stereocenters. The van der Waals surface area contributed by atoms with Crippen molar-refractivity contribution in [1.29, 1.82) is 0 Å². The standard InChI is InChI=1S/C13H22N6OS/c1-19-12(16-17-18-19)21-8-6-9-3-2-7-13(9,11(14)20)15-10-4-5-10/h9-10,15H,2-8H2,1H3,(H2,14,20). The van der Waals surface area contributed by atoms with E-state index < -0.39 is 5.54 Å². The molecule has 21 heavy (non-hydrogen) atoms. The maximum atomic E-state index is 12.1. The van der Waals surface area contributed by atoms with Crippen LogP contribution in [-0.4, -0.2) is 43.4 Å². The molecule has 1 heterocycles. The number of hydrogen-bond donors (Lipinski definition) is 2. The summed E-state index contributed by atoms with van der Waals surface area (Å²) in [6.07, 6.45) is 6.31. The van der Waals surface area contributed by atoms with Gasteiger partial charge in [0, 0.05) is 18.8 Å². The molecule has 3 N–H and O–H groups in total. The maximum Gasteiger partial charge on any atom is 0.238 e. The van der Waals surface area contributed by atoms with Crippen molar-refractivity contribution in [2.45, 2.75) is 55.3 Å². The summed E-state index contributed by atoms with van der Waals surface area (Å²) in [5.74, 6) is 1.05. The van der Waals surface area contributed by atoms with Gasteiger partial charge in [0.15, 0.2) is 0 Å². The molecule has 0 bridgehead atoms. The number of carbonyl (C=O) groups is 1. The average molecular weight is 310 g/mol. The monoisotopic (exact) mass is 310 g/mol. The molecule has 1 aromatic heterocycles. The van der Waals surface area contributed by atoms with Crippen LogP contribution in [0.15, 0.2) is 5.16 Å². The molecule has 0 aromatic carbocycles. The minimum atomic E-state index is -0.486. The number of hydrogen-bond acceptors (Lipinski definition) is 6. The van der Waals surface area contributed by atoms with Gasteiger partial charge in [-0.15, -0.1) is 5.10 Å². The first-order valence-corrected chi connectivity index (χ1v) is 8.53. The maximum absolute atomic E-state index is 12.1. The number of nitrogens with two attached hydrogens (primary N) is 1. The Bertz CT molecular complexity index is 517. The van der Waals surface area contributed by atoms with Crippen molar-refractivity contribution in [2.75, 3.05) is 5.75 Å². The van der Waals surface area contributed by atoms with Crippen molar-refractivity contribution < 1.29 is 4.79 Å². The average Bonchev–Trinajstić information content (AvgIpc) is 3.02. The summed E-state index contributed by atoms with van der Waals surface area (Å²) >= 11 is 1.63. The van der Waals surface area contributed by atoms with Gasteiger partial charge in [-0.2, -0.15) is 0 Å². The van der Waals surface area contributed by atoms with Crippen LogP contribution in [0, 0.1) is 5.92 Å². The lowest BCUT2D eigenvalue weighted by molar-refractivity contribution is -0.126. The van der Waals surface area contributed by atoms with Crippen LogP contribution in [0.3, 0.4) is 0 Å². The van der Waals surface area contributed by atoms with Gasteiger partial charge in [0.25, 0.3) is 0 Å². The number of tetrazole rings is 1. The number of nitrogens with zero attached hydrogens (tertiary/aromatic N) is 4. The first-order chi connectivity index (χ1) is 10.1. The molecule has 0 saturated heterocycles. The lowest BCUT2D eigenvalue weighted by Crippen LogP contribution is -2.58. The van der Waals surface area contributed by atoms with Crippen LogP contribution in [0.4, 0.5) is 0 Å². The molecule has 116 valence electrons. The molecule has 2 aliphatic rings. The zero-order valence-corrected chi connectivity index (χ0v) is 13.1. The van der Waals surface area contributed by atoms with Gasteiger partial charge in [0.1, 0.15) is 5.54 Å². The summed E-state index contributed by atoms with van der Waals surface area (Å²) in [5.41, 5.74) is 5.26. The van der Waals surface area contributed by atoms with E-state index in [4.69, 9.17) is 5.73 Å². The van der Waals surface area contributed by atoms with E-state index in [0.717, 1.165) is 36.6 Å². The summed E-state index contributed by atoms with van der Waals surface area (Å²) in [4.78, 5) is 12.1. The predicted molar refractivity (Wildman–Crippen MR) is 79.6 cm³/mol. The number of primary amides is 1. The van der Waals surface area contributed by atoms with E-state index in [1.807, 2.05) is 7.05 Å². The second-order valence-electron chi connectivity index (χ2n) is 6.07. The molecule has 1 aromatic rings. The first-order valence-electron chi connectivity index (χ1n) is 7.54. The fourth-order valence-electron chi connectivity index (χ4n) is 3.28. The predicted octanol–water partition coefficient (Wildman–Crippen LogP) is 0.469. The molecule has 0 radical (unpaired) electrons. The fraction of sp³-hybridized carbons (Fsp3) is 0.846. The van der Waals surface area contributed by atoms with Crippen molar-refractivity contribution >= 4 is 17.7 Å². The van der Waals surface area contributed by atoms with Gasteiger partial charge in [-0.05, 0) is 48.4 Å². The molecule has 3 rings (SSSR count). The minimum absolute atomic E-state index is 0.178. The van der Waals surface area contributed by atoms with Gasteiger partial charge >= 0.3 is 0 Å². The van der Waals surface area contributed by atoms with Gasteiger partial charge < -0.3 is 11.1 Å². The van der Waals surface area contributed by atoms with E-state index in [0.29, 0.717) is 12.0 Å². The smallest absolute Gasteiger partial charge is 0.238 e. The lowest BCUT2D eigenvalue weighted by Gasteiger charge is -2.34. The van der Waals surface area contributed by atoms with Gasteiger partial charge in [-0.3, -0.25) is 4.79 Å². The lowest BCUT2D eigenvalue weighted by atomic mass is 9.84. The number of nitrogens with one attached hydrogen (secondary N) is 1. The Morgan fingerprint density at radius 2 is 2.33 bits per heavy atom. The molecule has 2 aliphatic carbocycles. The quantitative estimate of drug-likeness (QED) is 0.710. The van der Waals surface area contributed by atoms with Crippen molar-refractivity contribution in [3.63, 3.8) is 0 Å². The van der Waals surface area contributed by atoms with Crippen LogP contribution in [-0.2, 0) is 11.8 Å². The highest BCUT2D eigenvalue weighted by Crippen LogP contribution is 2.41. The molecule has 0 spiro atoms. The molecule has 0 aliphatic heterocycles. The third-order valence-corrected chi connectivity index (χ3v) is 5.62. The van der Waals surface area contributed by atoms with Crippen LogP contribution >= 0.6 is 11.8 Å². The van der Waals surface area contributed by atoms with E-state index in [2.05, 4.69) is 20.8 Å². The molecular weight excluding hydrogens is 288 g/mol. The normalized spacial score (nSPS) is 28.9. The topological polar surface area (TPSA) is 98.7 Å². The molecule has 1 amide bonds. The van der Waals surface area contributed by atoms with Gasteiger partial charge in [-0.1, -0.05) is 18.2 Å². The van der Waals surface area contributed by atoms with Gasteiger partial charge in [0.2, 0.25) is 11.1 Å². The SMILES string of the molecule is Cn1nnnc1SCCC1CCCC1(NC1CC1)C(N)=O. The van der Waals surface area contributed by atoms with E-state index in [-0.39, 0.29) is 5.91 Å². The van der Waals surface area contributed by atoms with Crippen molar-refractivity contribution in [3.05, 3.63) is 0 Å². The van der Waals surface area contributed by atoms with E-state index in [1.165, 1.54) is 12.8 Å². The number of rotatable bonds is 7. The van der Waals surface area contributed by atoms with Crippen LogP contribution in [0.5, 0.6) is 0 Å². The first kappa shape index (κ1) is 14.8. The number of thioether (sulfide) groups is 1. The number of aromatic nitrogens is 4. The highest BCUT2D eigenvalue weighted by molar-refractivity contribution is 7.99. The Kier molecular flexibility index (Phi) is 4.17. The number of amides is 1. The Balaban J connectivity index is 1.60. The second-order valence-corrected chi connectivity index (χ2v) is 7.13. The fourth-order valence-corrected chi connectivity index (χ4v) is 4.18. The van der Waals surface area contributed by atoms with Crippen LogP contribution in [0.1, 0.15) is 38.5 Å². The molecule has 2 fully saturated rings. The third kappa shape index (κ3) is 3.06. The van der Waals surface area contributed by atoms with E-state index in [1.54, 1.807) is 16.4 Å². The Morgan fingerprint density at radius 1 is 1.52 bits per heavy atom. The summed E-state index contributed by atoms with van der Waals surface area (Å²) in [7, 11) is 1.83. The summed E-state index contributed by atoms with van der Waals surface area (Å²) in [6.45, 7) is 0. The van der Waals surface area contributed by atoms with Crippen molar-refractivity contribution in [2.24, 2.45) is 18.7 Å². The molecule has 2 saturated carbocycles.